The number of halogens is 1. The summed E-state index contributed by atoms with van der Waals surface area (Å²) in [6, 6.07) is 9.62. The van der Waals surface area contributed by atoms with Crippen LogP contribution in [0.25, 0.3) is 5.78 Å². The van der Waals surface area contributed by atoms with Crippen molar-refractivity contribution >= 4 is 23.2 Å². The molecule has 1 unspecified atom stereocenters. The van der Waals surface area contributed by atoms with Gasteiger partial charge in [-0.15, -0.1) is 0 Å². The Hall–Kier alpha value is -2.34. The number of hydrogen-bond acceptors (Lipinski definition) is 5. The van der Waals surface area contributed by atoms with Gasteiger partial charge in [-0.1, -0.05) is 24.6 Å². The van der Waals surface area contributed by atoms with Crippen LogP contribution in [0.1, 0.15) is 19.0 Å². The first-order chi connectivity index (χ1) is 11.7. The van der Waals surface area contributed by atoms with E-state index in [1.165, 1.54) is 0 Å². The molecule has 124 valence electrons. The second-order valence-electron chi connectivity index (χ2n) is 5.86. The van der Waals surface area contributed by atoms with Gasteiger partial charge in [-0.3, -0.25) is 0 Å². The van der Waals surface area contributed by atoms with E-state index in [1.54, 1.807) is 10.8 Å². The number of benzene rings is 1. The van der Waals surface area contributed by atoms with Gasteiger partial charge in [-0.2, -0.15) is 14.6 Å². The van der Waals surface area contributed by atoms with Crippen LogP contribution in [0.15, 0.2) is 36.7 Å². The van der Waals surface area contributed by atoms with Crippen LogP contribution in [0.5, 0.6) is 5.75 Å². The lowest BCUT2D eigenvalue weighted by Crippen LogP contribution is -2.26. The van der Waals surface area contributed by atoms with Gasteiger partial charge in [0, 0.05) is 29.7 Å². The molecule has 1 aliphatic rings. The maximum Gasteiger partial charge on any atom is 0.254 e. The lowest BCUT2D eigenvalue weighted by atomic mass is 10.3. The molecule has 24 heavy (non-hydrogen) atoms. The van der Waals surface area contributed by atoms with Crippen molar-refractivity contribution in [3.05, 3.63) is 47.4 Å². The topological polar surface area (TPSA) is 55.6 Å². The van der Waals surface area contributed by atoms with Crippen molar-refractivity contribution < 1.29 is 4.74 Å². The monoisotopic (exact) mass is 343 g/mol. The third-order valence-corrected chi connectivity index (χ3v) is 4.45. The fourth-order valence-corrected chi connectivity index (χ4v) is 3.20. The Labute approximate surface area is 145 Å². The summed E-state index contributed by atoms with van der Waals surface area (Å²) < 4.78 is 7.86. The van der Waals surface area contributed by atoms with Crippen molar-refractivity contribution in [2.75, 3.05) is 18.0 Å². The maximum absolute atomic E-state index is 6.07. The standard InChI is InChI=1S/C17H18ClN5O/c1-2-13-9-16(23-17(21-13)19-11-20-23)22-7-6-15(10-22)24-14-5-3-4-12(18)8-14/h3-5,8-9,11,15H,2,6-7,10H2,1H3. The zero-order chi connectivity index (χ0) is 16.5. The molecule has 0 bridgehead atoms. The number of nitrogens with zero attached hydrogens (tertiary/aromatic N) is 5. The molecule has 4 rings (SSSR count). The Kier molecular flexibility index (Phi) is 3.98. The molecule has 1 aromatic carbocycles. The maximum atomic E-state index is 6.07. The molecule has 1 atom stereocenters. The van der Waals surface area contributed by atoms with Gasteiger partial charge in [-0.05, 0) is 24.6 Å². The quantitative estimate of drug-likeness (QED) is 0.729. The van der Waals surface area contributed by atoms with Gasteiger partial charge in [0.1, 0.15) is 24.0 Å². The summed E-state index contributed by atoms with van der Waals surface area (Å²) in [6.07, 6.45) is 3.49. The van der Waals surface area contributed by atoms with Crippen LogP contribution in [0.4, 0.5) is 5.82 Å². The summed E-state index contributed by atoms with van der Waals surface area (Å²) in [4.78, 5) is 11.0. The van der Waals surface area contributed by atoms with E-state index in [0.717, 1.165) is 43.2 Å². The fraction of sp³-hybridized carbons (Fsp3) is 0.353. The minimum absolute atomic E-state index is 0.125. The summed E-state index contributed by atoms with van der Waals surface area (Å²) in [5.74, 6) is 2.47. The number of aryl methyl sites for hydroxylation is 1. The third-order valence-electron chi connectivity index (χ3n) is 4.22. The summed E-state index contributed by atoms with van der Waals surface area (Å²) in [7, 11) is 0. The highest BCUT2D eigenvalue weighted by molar-refractivity contribution is 6.30. The van der Waals surface area contributed by atoms with Gasteiger partial charge in [0.25, 0.3) is 5.78 Å². The summed E-state index contributed by atoms with van der Waals surface area (Å²) in [5, 5.41) is 4.99. The number of aromatic nitrogens is 4. The molecule has 0 amide bonds. The molecular formula is C17H18ClN5O. The highest BCUT2D eigenvalue weighted by atomic mass is 35.5. The Balaban J connectivity index is 1.55. The molecule has 1 fully saturated rings. The molecular weight excluding hydrogens is 326 g/mol. The Bertz CT molecular complexity index is 865. The fourth-order valence-electron chi connectivity index (χ4n) is 3.02. The van der Waals surface area contributed by atoms with Crippen molar-refractivity contribution in [1.82, 2.24) is 19.6 Å². The minimum Gasteiger partial charge on any atom is -0.488 e. The van der Waals surface area contributed by atoms with Gasteiger partial charge in [0.15, 0.2) is 0 Å². The first kappa shape index (κ1) is 15.2. The van der Waals surface area contributed by atoms with Gasteiger partial charge < -0.3 is 9.64 Å². The first-order valence-electron chi connectivity index (χ1n) is 8.10. The van der Waals surface area contributed by atoms with Crippen molar-refractivity contribution in [3.63, 3.8) is 0 Å². The summed E-state index contributed by atoms with van der Waals surface area (Å²) >= 11 is 6.03. The van der Waals surface area contributed by atoms with E-state index in [4.69, 9.17) is 16.3 Å². The number of anilines is 1. The number of fused-ring (bicyclic) bond motifs is 1. The number of ether oxygens (including phenoxy) is 1. The number of rotatable bonds is 4. The minimum atomic E-state index is 0.125. The average molecular weight is 344 g/mol. The molecule has 0 spiro atoms. The van der Waals surface area contributed by atoms with E-state index >= 15 is 0 Å². The van der Waals surface area contributed by atoms with Crippen LogP contribution in [-0.2, 0) is 6.42 Å². The zero-order valence-corrected chi connectivity index (χ0v) is 14.1. The molecule has 6 nitrogen and oxygen atoms in total. The summed E-state index contributed by atoms with van der Waals surface area (Å²) in [5.41, 5.74) is 1.02. The molecule has 7 heteroatoms. The van der Waals surface area contributed by atoms with Crippen LogP contribution in [0.3, 0.4) is 0 Å². The van der Waals surface area contributed by atoms with Crippen molar-refractivity contribution in [3.8, 4) is 5.75 Å². The Morgan fingerprint density at radius 3 is 3.08 bits per heavy atom. The van der Waals surface area contributed by atoms with Crippen LogP contribution in [0.2, 0.25) is 5.02 Å². The lowest BCUT2D eigenvalue weighted by molar-refractivity contribution is 0.225. The van der Waals surface area contributed by atoms with E-state index in [9.17, 15) is 0 Å². The number of hydrogen-bond donors (Lipinski definition) is 0. The van der Waals surface area contributed by atoms with Gasteiger partial charge in [-0.25, -0.2) is 4.98 Å². The van der Waals surface area contributed by atoms with Crippen LogP contribution >= 0.6 is 11.6 Å². The molecule has 1 aliphatic heterocycles. The second kappa shape index (κ2) is 6.28. The van der Waals surface area contributed by atoms with Crippen LogP contribution < -0.4 is 9.64 Å². The predicted molar refractivity (Wildman–Crippen MR) is 92.9 cm³/mol. The van der Waals surface area contributed by atoms with Crippen LogP contribution in [-0.4, -0.2) is 38.8 Å². The normalized spacial score (nSPS) is 17.6. The van der Waals surface area contributed by atoms with Crippen molar-refractivity contribution in [2.24, 2.45) is 0 Å². The zero-order valence-electron chi connectivity index (χ0n) is 13.4. The third kappa shape index (κ3) is 2.89. The molecule has 3 heterocycles. The average Bonchev–Trinajstić information content (AvgIpc) is 3.23. The highest BCUT2D eigenvalue weighted by Crippen LogP contribution is 2.25. The van der Waals surface area contributed by atoms with Gasteiger partial charge in [0.2, 0.25) is 0 Å². The van der Waals surface area contributed by atoms with E-state index < -0.39 is 0 Å². The van der Waals surface area contributed by atoms with Gasteiger partial charge in [0.05, 0.1) is 6.54 Å². The molecule has 0 N–H and O–H groups in total. The van der Waals surface area contributed by atoms with Crippen molar-refractivity contribution in [1.29, 1.82) is 0 Å². The summed E-state index contributed by atoms with van der Waals surface area (Å²) in [6.45, 7) is 3.80. The van der Waals surface area contributed by atoms with E-state index in [1.807, 2.05) is 24.3 Å². The largest absolute Gasteiger partial charge is 0.488 e. The Morgan fingerprint density at radius 1 is 1.33 bits per heavy atom. The first-order valence-corrected chi connectivity index (χ1v) is 8.47. The van der Waals surface area contributed by atoms with E-state index in [2.05, 4.69) is 33.0 Å². The lowest BCUT2D eigenvalue weighted by Gasteiger charge is -2.20. The Morgan fingerprint density at radius 2 is 2.25 bits per heavy atom. The second-order valence-corrected chi connectivity index (χ2v) is 6.30. The van der Waals surface area contributed by atoms with Crippen LogP contribution in [0, 0.1) is 0 Å². The van der Waals surface area contributed by atoms with E-state index in [-0.39, 0.29) is 6.10 Å². The molecule has 0 aliphatic carbocycles. The van der Waals surface area contributed by atoms with E-state index in [0.29, 0.717) is 10.8 Å². The predicted octanol–water partition coefficient (Wildman–Crippen LogP) is 3.00. The van der Waals surface area contributed by atoms with Crippen molar-refractivity contribution in [2.45, 2.75) is 25.9 Å². The molecule has 0 saturated carbocycles. The molecule has 3 aromatic rings. The smallest absolute Gasteiger partial charge is 0.254 e. The molecule has 1 saturated heterocycles. The highest BCUT2D eigenvalue weighted by Gasteiger charge is 2.26. The van der Waals surface area contributed by atoms with Gasteiger partial charge >= 0.3 is 0 Å². The molecule has 0 radical (unpaired) electrons. The SMILES string of the molecule is CCc1cc(N2CCC(Oc3cccc(Cl)c3)C2)n2ncnc2n1. The molecule has 2 aromatic heterocycles.